The monoisotopic (exact) mass is 244 g/mol. The summed E-state index contributed by atoms with van der Waals surface area (Å²) in [5.41, 5.74) is 1.05. The molecule has 2 aromatic rings. The highest BCUT2D eigenvalue weighted by Gasteiger charge is 2.09. The number of amides is 1. The van der Waals surface area contributed by atoms with Crippen LogP contribution in [0.1, 0.15) is 16.2 Å². The summed E-state index contributed by atoms with van der Waals surface area (Å²) in [6.45, 7) is 1.85. The van der Waals surface area contributed by atoms with Gasteiger partial charge in [-0.3, -0.25) is 4.79 Å². The summed E-state index contributed by atoms with van der Waals surface area (Å²) >= 11 is 0. The van der Waals surface area contributed by atoms with E-state index < -0.39 is 0 Å². The number of anilines is 1. The van der Waals surface area contributed by atoms with Crippen LogP contribution in [0.25, 0.3) is 0 Å². The van der Waals surface area contributed by atoms with Crippen LogP contribution in [0.2, 0.25) is 0 Å². The van der Waals surface area contributed by atoms with Crippen LogP contribution in [0.4, 0.5) is 5.82 Å². The van der Waals surface area contributed by atoms with Crippen LogP contribution in [-0.4, -0.2) is 28.0 Å². The number of rotatable bonds is 3. The van der Waals surface area contributed by atoms with Crippen LogP contribution in [0.5, 0.6) is 5.88 Å². The Hall–Kier alpha value is -2.50. The van der Waals surface area contributed by atoms with Gasteiger partial charge in [0.15, 0.2) is 0 Å². The molecule has 0 spiro atoms. The van der Waals surface area contributed by atoms with Gasteiger partial charge in [0.25, 0.3) is 5.91 Å². The van der Waals surface area contributed by atoms with Crippen molar-refractivity contribution < 1.29 is 9.53 Å². The molecule has 6 nitrogen and oxygen atoms in total. The highest BCUT2D eigenvalue weighted by Crippen LogP contribution is 2.09. The molecule has 0 aliphatic carbocycles. The van der Waals surface area contributed by atoms with Gasteiger partial charge in [0.2, 0.25) is 5.88 Å². The van der Waals surface area contributed by atoms with E-state index in [2.05, 4.69) is 20.3 Å². The average molecular weight is 244 g/mol. The number of nitrogens with one attached hydrogen (secondary N) is 1. The normalized spacial score (nSPS) is 9.89. The third-order valence-electron chi connectivity index (χ3n) is 2.21. The molecule has 1 N–H and O–H groups in total. The Morgan fingerprint density at radius 3 is 2.89 bits per heavy atom. The van der Waals surface area contributed by atoms with Gasteiger partial charge in [0.1, 0.15) is 17.8 Å². The minimum Gasteiger partial charge on any atom is -0.481 e. The number of nitrogens with zero attached hydrogens (tertiary/aromatic N) is 3. The zero-order valence-electron chi connectivity index (χ0n) is 10.0. The Balaban J connectivity index is 2.16. The van der Waals surface area contributed by atoms with Gasteiger partial charge in [-0.05, 0) is 19.1 Å². The molecular formula is C12H12N4O2. The Morgan fingerprint density at radius 2 is 2.17 bits per heavy atom. The molecule has 0 aliphatic rings. The van der Waals surface area contributed by atoms with Crippen molar-refractivity contribution in [1.29, 1.82) is 0 Å². The summed E-state index contributed by atoms with van der Waals surface area (Å²) in [7, 11) is 1.48. The predicted molar refractivity (Wildman–Crippen MR) is 65.5 cm³/mol. The van der Waals surface area contributed by atoms with E-state index in [1.54, 1.807) is 6.07 Å². The molecule has 0 bridgehead atoms. The molecule has 0 radical (unpaired) electrons. The van der Waals surface area contributed by atoms with E-state index in [4.69, 9.17) is 4.74 Å². The molecule has 1 amide bonds. The topological polar surface area (TPSA) is 77.0 Å². The summed E-state index contributed by atoms with van der Waals surface area (Å²) in [6.07, 6.45) is 1.28. The third kappa shape index (κ3) is 2.79. The van der Waals surface area contributed by atoms with Gasteiger partial charge in [-0.25, -0.2) is 15.0 Å². The van der Waals surface area contributed by atoms with Gasteiger partial charge in [0, 0.05) is 11.8 Å². The zero-order chi connectivity index (χ0) is 13.0. The number of ether oxygens (including phenoxy) is 1. The minimum absolute atomic E-state index is 0.227. The maximum absolute atomic E-state index is 11.9. The summed E-state index contributed by atoms with van der Waals surface area (Å²) in [5.74, 6) is 0.471. The Morgan fingerprint density at radius 1 is 1.33 bits per heavy atom. The van der Waals surface area contributed by atoms with E-state index >= 15 is 0 Å². The molecule has 0 fully saturated rings. The van der Waals surface area contributed by atoms with Crippen molar-refractivity contribution in [1.82, 2.24) is 15.0 Å². The lowest BCUT2D eigenvalue weighted by atomic mass is 10.3. The average Bonchev–Trinajstić information content (AvgIpc) is 2.39. The first kappa shape index (κ1) is 12.0. The third-order valence-corrected chi connectivity index (χ3v) is 2.21. The molecule has 0 aromatic carbocycles. The maximum atomic E-state index is 11.9. The van der Waals surface area contributed by atoms with Crippen LogP contribution in [0.3, 0.4) is 0 Å². The van der Waals surface area contributed by atoms with Crippen molar-refractivity contribution in [3.63, 3.8) is 0 Å². The Bertz CT molecular complexity index is 572. The van der Waals surface area contributed by atoms with Crippen molar-refractivity contribution in [2.75, 3.05) is 12.4 Å². The standard InChI is InChI=1S/C12H12N4O2/c1-8-4-3-5-10(15-8)16-12(17)9-6-11(18-2)14-7-13-9/h3-7H,1-2H3,(H,15,16,17). The number of hydrogen-bond acceptors (Lipinski definition) is 5. The number of hydrogen-bond donors (Lipinski definition) is 1. The quantitative estimate of drug-likeness (QED) is 0.884. The van der Waals surface area contributed by atoms with E-state index in [9.17, 15) is 4.79 Å². The lowest BCUT2D eigenvalue weighted by Crippen LogP contribution is -2.15. The van der Waals surface area contributed by atoms with Gasteiger partial charge in [-0.1, -0.05) is 6.07 Å². The zero-order valence-corrected chi connectivity index (χ0v) is 10.0. The molecule has 0 atom stereocenters. The van der Waals surface area contributed by atoms with Crippen molar-refractivity contribution in [2.24, 2.45) is 0 Å². The summed E-state index contributed by atoms with van der Waals surface area (Å²) in [4.78, 5) is 23.8. The fourth-order valence-electron chi connectivity index (χ4n) is 1.37. The largest absolute Gasteiger partial charge is 0.481 e. The smallest absolute Gasteiger partial charge is 0.275 e. The second kappa shape index (κ2) is 5.22. The lowest BCUT2D eigenvalue weighted by Gasteiger charge is -2.05. The van der Waals surface area contributed by atoms with Crippen LogP contribution in [0, 0.1) is 6.92 Å². The van der Waals surface area contributed by atoms with Gasteiger partial charge in [-0.2, -0.15) is 0 Å². The molecule has 0 saturated heterocycles. The second-order valence-corrected chi connectivity index (χ2v) is 3.56. The van der Waals surface area contributed by atoms with Crippen LogP contribution in [-0.2, 0) is 0 Å². The molecule has 92 valence electrons. The van der Waals surface area contributed by atoms with Crippen molar-refractivity contribution in [3.8, 4) is 5.88 Å². The van der Waals surface area contributed by atoms with Crippen LogP contribution >= 0.6 is 0 Å². The predicted octanol–water partition coefficient (Wildman–Crippen LogP) is 1.44. The summed E-state index contributed by atoms with van der Waals surface area (Å²) in [6, 6.07) is 6.84. The number of carbonyl (C=O) groups excluding carboxylic acids is 1. The number of aromatic nitrogens is 3. The highest BCUT2D eigenvalue weighted by molar-refractivity contribution is 6.02. The van der Waals surface area contributed by atoms with Crippen molar-refractivity contribution in [3.05, 3.63) is 42.0 Å². The molecule has 2 heterocycles. The first-order valence-electron chi connectivity index (χ1n) is 5.30. The lowest BCUT2D eigenvalue weighted by molar-refractivity contribution is 0.102. The Kier molecular flexibility index (Phi) is 3.47. The molecule has 0 aliphatic heterocycles. The number of carbonyl (C=O) groups is 1. The second-order valence-electron chi connectivity index (χ2n) is 3.56. The van der Waals surface area contributed by atoms with Gasteiger partial charge >= 0.3 is 0 Å². The molecule has 0 unspecified atom stereocenters. The fraction of sp³-hybridized carbons (Fsp3) is 0.167. The van der Waals surface area contributed by atoms with Crippen LogP contribution < -0.4 is 10.1 Å². The van der Waals surface area contributed by atoms with E-state index in [0.717, 1.165) is 5.69 Å². The molecular weight excluding hydrogens is 232 g/mol. The molecule has 6 heteroatoms. The van der Waals surface area contributed by atoms with Crippen molar-refractivity contribution in [2.45, 2.75) is 6.92 Å². The molecule has 2 aromatic heterocycles. The summed E-state index contributed by atoms with van der Waals surface area (Å²) < 4.78 is 4.93. The van der Waals surface area contributed by atoms with E-state index in [-0.39, 0.29) is 11.6 Å². The summed E-state index contributed by atoms with van der Waals surface area (Å²) in [5, 5.41) is 2.65. The molecule has 2 rings (SSSR count). The van der Waals surface area contributed by atoms with Crippen molar-refractivity contribution >= 4 is 11.7 Å². The van der Waals surface area contributed by atoms with E-state index in [1.165, 1.54) is 19.5 Å². The minimum atomic E-state index is -0.353. The number of aryl methyl sites for hydroxylation is 1. The van der Waals surface area contributed by atoms with Gasteiger partial charge in [-0.15, -0.1) is 0 Å². The maximum Gasteiger partial charge on any atom is 0.275 e. The van der Waals surface area contributed by atoms with Gasteiger partial charge in [0.05, 0.1) is 7.11 Å². The first-order valence-corrected chi connectivity index (χ1v) is 5.30. The SMILES string of the molecule is COc1cc(C(=O)Nc2cccc(C)n2)ncn1. The van der Waals surface area contributed by atoms with Crippen LogP contribution in [0.15, 0.2) is 30.6 Å². The fourth-order valence-corrected chi connectivity index (χ4v) is 1.37. The van der Waals surface area contributed by atoms with E-state index in [0.29, 0.717) is 11.7 Å². The number of methoxy groups -OCH3 is 1. The highest BCUT2D eigenvalue weighted by atomic mass is 16.5. The first-order chi connectivity index (χ1) is 8.69. The molecule has 0 saturated carbocycles. The van der Waals surface area contributed by atoms with E-state index in [1.807, 2.05) is 19.1 Å². The Labute approximate surface area is 104 Å². The van der Waals surface area contributed by atoms with Gasteiger partial charge < -0.3 is 10.1 Å². The molecule has 18 heavy (non-hydrogen) atoms. The number of pyridine rings is 1.